The van der Waals surface area contributed by atoms with Crippen LogP contribution in [0.3, 0.4) is 0 Å². The Labute approximate surface area is 125 Å². The first kappa shape index (κ1) is 16.6. The lowest BCUT2D eigenvalue weighted by atomic mass is 9.94. The quantitative estimate of drug-likeness (QED) is 0.758. The molecule has 1 aromatic carbocycles. The second kappa shape index (κ2) is 6.84. The van der Waals surface area contributed by atoms with Crippen LogP contribution in [-0.4, -0.2) is 38.0 Å². The standard InChI is InChI=1S/C15H22ClNO3/c1-15(2,10-16)14(18)17(3)9-11-6-7-12(19-4)8-13(11)20-5/h6-8H,9-10H2,1-5H3. The molecule has 0 bridgehead atoms. The van der Waals surface area contributed by atoms with Crippen molar-refractivity contribution < 1.29 is 14.3 Å². The van der Waals surface area contributed by atoms with Crippen LogP contribution in [0.5, 0.6) is 11.5 Å². The summed E-state index contributed by atoms with van der Waals surface area (Å²) in [7, 11) is 4.97. The van der Waals surface area contributed by atoms with Gasteiger partial charge in [-0.2, -0.15) is 0 Å². The molecule has 1 amide bonds. The van der Waals surface area contributed by atoms with Gasteiger partial charge >= 0.3 is 0 Å². The minimum Gasteiger partial charge on any atom is -0.497 e. The number of ether oxygens (including phenoxy) is 2. The monoisotopic (exact) mass is 299 g/mol. The van der Waals surface area contributed by atoms with E-state index < -0.39 is 5.41 Å². The van der Waals surface area contributed by atoms with Crippen molar-refractivity contribution in [2.75, 3.05) is 27.1 Å². The lowest BCUT2D eigenvalue weighted by molar-refractivity contribution is -0.138. The van der Waals surface area contributed by atoms with E-state index in [0.717, 1.165) is 11.3 Å². The maximum atomic E-state index is 12.3. The highest BCUT2D eigenvalue weighted by Gasteiger charge is 2.29. The first-order valence-corrected chi connectivity index (χ1v) is 6.91. The van der Waals surface area contributed by atoms with Crippen molar-refractivity contribution in [1.82, 2.24) is 4.90 Å². The van der Waals surface area contributed by atoms with Crippen molar-refractivity contribution in [3.8, 4) is 11.5 Å². The first-order valence-electron chi connectivity index (χ1n) is 6.38. The Morgan fingerprint density at radius 3 is 2.45 bits per heavy atom. The number of alkyl halides is 1. The molecular weight excluding hydrogens is 278 g/mol. The minimum atomic E-state index is -0.573. The SMILES string of the molecule is COc1ccc(CN(C)C(=O)C(C)(C)CCl)c(OC)c1. The summed E-state index contributed by atoms with van der Waals surface area (Å²) >= 11 is 5.84. The van der Waals surface area contributed by atoms with E-state index in [-0.39, 0.29) is 11.8 Å². The zero-order chi connectivity index (χ0) is 15.3. The summed E-state index contributed by atoms with van der Waals surface area (Å²) in [5, 5.41) is 0. The molecule has 0 aliphatic rings. The van der Waals surface area contributed by atoms with Crippen molar-refractivity contribution in [1.29, 1.82) is 0 Å². The number of carbonyl (C=O) groups excluding carboxylic acids is 1. The fraction of sp³-hybridized carbons (Fsp3) is 0.533. The highest BCUT2D eigenvalue weighted by molar-refractivity contribution is 6.19. The van der Waals surface area contributed by atoms with E-state index in [4.69, 9.17) is 21.1 Å². The number of rotatable bonds is 6. The van der Waals surface area contributed by atoms with Gasteiger partial charge in [-0.25, -0.2) is 0 Å². The van der Waals surface area contributed by atoms with Gasteiger partial charge in [0.25, 0.3) is 0 Å². The molecule has 0 aliphatic heterocycles. The van der Waals surface area contributed by atoms with Crippen LogP contribution in [0.25, 0.3) is 0 Å². The third kappa shape index (κ3) is 3.79. The molecule has 0 saturated carbocycles. The Hall–Kier alpha value is -1.42. The number of nitrogens with zero attached hydrogens (tertiary/aromatic N) is 1. The van der Waals surface area contributed by atoms with E-state index in [2.05, 4.69) is 0 Å². The number of benzene rings is 1. The topological polar surface area (TPSA) is 38.8 Å². The number of halogens is 1. The molecular formula is C15H22ClNO3. The minimum absolute atomic E-state index is 0.00497. The maximum absolute atomic E-state index is 12.3. The van der Waals surface area contributed by atoms with Gasteiger partial charge in [0.05, 0.1) is 19.6 Å². The number of methoxy groups -OCH3 is 2. The molecule has 0 heterocycles. The molecule has 1 aromatic rings. The van der Waals surface area contributed by atoms with E-state index in [0.29, 0.717) is 12.3 Å². The Morgan fingerprint density at radius 2 is 1.95 bits per heavy atom. The van der Waals surface area contributed by atoms with Crippen molar-refractivity contribution in [2.45, 2.75) is 20.4 Å². The van der Waals surface area contributed by atoms with Crippen molar-refractivity contribution in [3.05, 3.63) is 23.8 Å². The average molecular weight is 300 g/mol. The van der Waals surface area contributed by atoms with Crippen LogP contribution < -0.4 is 9.47 Å². The molecule has 4 nitrogen and oxygen atoms in total. The molecule has 0 unspecified atom stereocenters. The predicted octanol–water partition coefficient (Wildman–Crippen LogP) is 2.93. The molecule has 0 aromatic heterocycles. The van der Waals surface area contributed by atoms with Crippen molar-refractivity contribution in [2.24, 2.45) is 5.41 Å². The molecule has 0 radical (unpaired) electrons. The van der Waals surface area contributed by atoms with Crippen molar-refractivity contribution in [3.63, 3.8) is 0 Å². The van der Waals surface area contributed by atoms with Gasteiger partial charge in [0.2, 0.25) is 5.91 Å². The Kier molecular flexibility index (Phi) is 5.69. The number of amides is 1. The van der Waals surface area contributed by atoms with Crippen LogP contribution in [0.15, 0.2) is 18.2 Å². The molecule has 0 saturated heterocycles. The Bertz CT molecular complexity index is 474. The third-order valence-electron chi connectivity index (χ3n) is 3.16. The molecule has 20 heavy (non-hydrogen) atoms. The summed E-state index contributed by atoms with van der Waals surface area (Å²) in [6, 6.07) is 5.55. The van der Waals surface area contributed by atoms with Crippen molar-refractivity contribution >= 4 is 17.5 Å². The van der Waals surface area contributed by atoms with E-state index in [9.17, 15) is 4.79 Å². The van der Waals surface area contributed by atoms with Crippen LogP contribution in [0.1, 0.15) is 19.4 Å². The van der Waals surface area contributed by atoms with Crippen LogP contribution in [0.2, 0.25) is 0 Å². The molecule has 5 heteroatoms. The van der Waals surface area contributed by atoms with Crippen LogP contribution >= 0.6 is 11.6 Å². The van der Waals surface area contributed by atoms with Gasteiger partial charge in [-0.3, -0.25) is 4.79 Å². The van der Waals surface area contributed by atoms with Gasteiger partial charge in [-0.05, 0) is 26.0 Å². The molecule has 1 rings (SSSR count). The van der Waals surface area contributed by atoms with Gasteiger partial charge in [-0.1, -0.05) is 0 Å². The lowest BCUT2D eigenvalue weighted by Gasteiger charge is -2.28. The predicted molar refractivity (Wildman–Crippen MR) is 80.5 cm³/mol. The summed E-state index contributed by atoms with van der Waals surface area (Å²) in [4.78, 5) is 14.0. The zero-order valence-corrected chi connectivity index (χ0v) is 13.5. The highest BCUT2D eigenvalue weighted by atomic mass is 35.5. The fourth-order valence-electron chi connectivity index (χ4n) is 1.88. The van der Waals surface area contributed by atoms with Gasteiger partial charge in [-0.15, -0.1) is 11.6 Å². The second-order valence-corrected chi connectivity index (χ2v) is 5.62. The number of hydrogen-bond acceptors (Lipinski definition) is 3. The molecule has 0 atom stereocenters. The van der Waals surface area contributed by atoms with Crippen LogP contribution in [0.4, 0.5) is 0 Å². The highest BCUT2D eigenvalue weighted by Crippen LogP contribution is 2.27. The van der Waals surface area contributed by atoms with Crippen LogP contribution in [0, 0.1) is 5.41 Å². The van der Waals surface area contributed by atoms with Gasteiger partial charge in [0.1, 0.15) is 11.5 Å². The van der Waals surface area contributed by atoms with Gasteiger partial charge in [0.15, 0.2) is 0 Å². The third-order valence-corrected chi connectivity index (χ3v) is 3.83. The lowest BCUT2D eigenvalue weighted by Crippen LogP contribution is -2.39. The first-order chi connectivity index (χ1) is 9.35. The normalized spacial score (nSPS) is 11.1. The molecule has 0 fully saturated rings. The Balaban J connectivity index is 2.90. The summed E-state index contributed by atoms with van der Waals surface area (Å²) in [5.41, 5.74) is 0.352. The molecule has 112 valence electrons. The fourth-order valence-corrected chi connectivity index (χ4v) is 2.00. The Morgan fingerprint density at radius 1 is 1.30 bits per heavy atom. The van der Waals surface area contributed by atoms with Gasteiger partial charge in [0, 0.05) is 31.1 Å². The summed E-state index contributed by atoms with van der Waals surface area (Å²) in [6.45, 7) is 4.14. The summed E-state index contributed by atoms with van der Waals surface area (Å²) in [6.07, 6.45) is 0. The van der Waals surface area contributed by atoms with Gasteiger partial charge < -0.3 is 14.4 Å². The largest absolute Gasteiger partial charge is 0.497 e. The van der Waals surface area contributed by atoms with E-state index in [1.807, 2.05) is 26.0 Å². The van der Waals surface area contributed by atoms with E-state index in [1.165, 1.54) is 0 Å². The van der Waals surface area contributed by atoms with Crippen LogP contribution in [-0.2, 0) is 11.3 Å². The zero-order valence-electron chi connectivity index (χ0n) is 12.7. The smallest absolute Gasteiger partial charge is 0.229 e. The number of hydrogen-bond donors (Lipinski definition) is 0. The molecule has 0 spiro atoms. The summed E-state index contributed by atoms with van der Waals surface area (Å²) in [5.74, 6) is 1.72. The maximum Gasteiger partial charge on any atom is 0.229 e. The van der Waals surface area contributed by atoms with E-state index >= 15 is 0 Å². The summed E-state index contributed by atoms with van der Waals surface area (Å²) < 4.78 is 10.5. The molecule has 0 N–H and O–H groups in total. The van der Waals surface area contributed by atoms with E-state index in [1.54, 1.807) is 32.2 Å². The molecule has 0 aliphatic carbocycles. The second-order valence-electron chi connectivity index (χ2n) is 5.36. The average Bonchev–Trinajstić information content (AvgIpc) is 2.46. The number of carbonyl (C=O) groups is 1.